The predicted octanol–water partition coefficient (Wildman–Crippen LogP) is 3.42. The molecule has 3 aliphatic rings. The van der Waals surface area contributed by atoms with Gasteiger partial charge in [-0.05, 0) is 56.1 Å². The predicted molar refractivity (Wildman–Crippen MR) is 106 cm³/mol. The molecule has 0 radical (unpaired) electrons. The van der Waals surface area contributed by atoms with Crippen molar-refractivity contribution in [3.05, 3.63) is 23.9 Å². The molecule has 2 heterocycles. The molecular weight excluding hydrogens is 413 g/mol. The molecule has 2 aliphatic carbocycles. The summed E-state index contributed by atoms with van der Waals surface area (Å²) in [6.07, 6.45) is 2.11. The average Bonchev–Trinajstić information content (AvgIpc) is 3.17. The van der Waals surface area contributed by atoms with E-state index in [9.17, 15) is 22.8 Å². The quantitative estimate of drug-likeness (QED) is 0.686. The van der Waals surface area contributed by atoms with Crippen LogP contribution in [0.2, 0.25) is 0 Å². The minimum Gasteiger partial charge on any atom is -0.446 e. The van der Waals surface area contributed by atoms with Crippen molar-refractivity contribution in [3.63, 3.8) is 0 Å². The van der Waals surface area contributed by atoms with Crippen molar-refractivity contribution in [3.8, 4) is 0 Å². The first-order valence-electron chi connectivity index (χ1n) is 10.8. The number of fused-ring (bicyclic) bond motifs is 2. The summed E-state index contributed by atoms with van der Waals surface area (Å²) < 4.78 is 43.9. The molecule has 2 saturated carbocycles. The third-order valence-corrected chi connectivity index (χ3v) is 6.68. The van der Waals surface area contributed by atoms with E-state index in [4.69, 9.17) is 4.74 Å². The first-order valence-corrected chi connectivity index (χ1v) is 10.8. The van der Waals surface area contributed by atoms with Gasteiger partial charge in [-0.15, -0.1) is 0 Å². The number of carbonyl (C=O) groups is 2. The van der Waals surface area contributed by atoms with Gasteiger partial charge in [0.1, 0.15) is 11.9 Å². The molecule has 0 spiro atoms. The Labute approximate surface area is 178 Å². The molecule has 1 saturated heterocycles. The van der Waals surface area contributed by atoms with Gasteiger partial charge >= 0.3 is 12.3 Å². The minimum absolute atomic E-state index is 0.0937. The Bertz CT molecular complexity index is 775. The van der Waals surface area contributed by atoms with Crippen molar-refractivity contribution < 1.29 is 27.5 Å². The summed E-state index contributed by atoms with van der Waals surface area (Å²) in [7, 11) is 0. The van der Waals surface area contributed by atoms with Crippen LogP contribution in [0.5, 0.6) is 0 Å². The summed E-state index contributed by atoms with van der Waals surface area (Å²) in [6, 6.07) is 2.35. The Balaban J connectivity index is 1.29. The van der Waals surface area contributed by atoms with Crippen LogP contribution in [0.25, 0.3) is 0 Å². The van der Waals surface area contributed by atoms with E-state index in [1.165, 1.54) is 6.07 Å². The maximum absolute atomic E-state index is 12.8. The van der Waals surface area contributed by atoms with E-state index in [0.29, 0.717) is 25.3 Å². The van der Waals surface area contributed by atoms with Gasteiger partial charge in [-0.25, -0.2) is 9.78 Å². The number of likely N-dealkylation sites (tertiary alicyclic amines) is 1. The molecule has 3 fully saturated rings. The van der Waals surface area contributed by atoms with Crippen molar-refractivity contribution in [2.75, 3.05) is 18.4 Å². The number of alkyl halides is 3. The zero-order chi connectivity index (χ0) is 22.0. The lowest BCUT2D eigenvalue weighted by molar-refractivity contribution is -0.137. The van der Waals surface area contributed by atoms with Gasteiger partial charge in [0.15, 0.2) is 0 Å². The first kappa shape index (κ1) is 21.7. The number of ether oxygens (including phenoxy) is 1. The summed E-state index contributed by atoms with van der Waals surface area (Å²) in [5, 5.41) is 5.97. The van der Waals surface area contributed by atoms with Crippen molar-refractivity contribution >= 4 is 18.3 Å². The number of carbonyl (C=O) groups excluding carboxylic acids is 2. The molecule has 170 valence electrons. The molecule has 10 heteroatoms. The van der Waals surface area contributed by atoms with Gasteiger partial charge in [0.25, 0.3) is 0 Å². The minimum atomic E-state index is -4.42. The summed E-state index contributed by atoms with van der Waals surface area (Å²) in [5.74, 6) is 0.882. The van der Waals surface area contributed by atoms with Gasteiger partial charge in [-0.1, -0.05) is 6.42 Å². The number of nitrogens with one attached hydrogen (secondary N) is 2. The van der Waals surface area contributed by atoms with E-state index in [2.05, 4.69) is 15.6 Å². The molecule has 7 nitrogen and oxygen atoms in total. The topological polar surface area (TPSA) is 83.6 Å². The lowest BCUT2D eigenvalue weighted by atomic mass is 9.68. The van der Waals surface area contributed by atoms with Gasteiger partial charge in [0, 0.05) is 31.4 Å². The number of anilines is 1. The fraction of sp³-hybridized carbons (Fsp3) is 0.667. The molecule has 4 rings (SSSR count). The van der Waals surface area contributed by atoms with Crippen LogP contribution in [0.1, 0.15) is 44.1 Å². The van der Waals surface area contributed by atoms with Crippen LogP contribution in [0.4, 0.5) is 23.8 Å². The number of rotatable bonds is 5. The second kappa shape index (κ2) is 8.92. The second-order valence-corrected chi connectivity index (χ2v) is 8.76. The molecule has 2 N–H and O–H groups in total. The van der Waals surface area contributed by atoms with Crippen molar-refractivity contribution in [2.24, 2.45) is 11.8 Å². The maximum Gasteiger partial charge on any atom is 0.417 e. The van der Waals surface area contributed by atoms with Crippen LogP contribution in [-0.2, 0) is 15.7 Å². The zero-order valence-electron chi connectivity index (χ0n) is 17.1. The Morgan fingerprint density at radius 1 is 1.16 bits per heavy atom. The Morgan fingerprint density at radius 2 is 1.90 bits per heavy atom. The molecule has 1 aromatic rings. The number of hydrogen-bond donors (Lipinski definition) is 2. The normalized spacial score (nSPS) is 30.5. The van der Waals surface area contributed by atoms with Gasteiger partial charge in [-0.3, -0.25) is 4.79 Å². The summed E-state index contributed by atoms with van der Waals surface area (Å²) >= 11 is 0. The highest BCUT2D eigenvalue weighted by Crippen LogP contribution is 2.42. The number of halogens is 3. The van der Waals surface area contributed by atoms with Gasteiger partial charge in [0.2, 0.25) is 6.41 Å². The largest absolute Gasteiger partial charge is 0.446 e. The standard InChI is InChI=1S/C21H27F3N4O3/c22-21(23,24)15-4-5-18(25-10-15)27-16-6-7-28(11-16)20(30)31-19-13-2-1-3-14(19)9-17(8-13)26-12-29/h4-5,10,12-14,16-17,19H,1-3,6-9,11H2,(H,25,27)(H,26,29)/t13?,14?,16-,17?,19?/m1/s1. The molecule has 1 aromatic heterocycles. The Hall–Kier alpha value is -2.52. The molecule has 2 unspecified atom stereocenters. The SMILES string of the molecule is O=CNC1CC2CCCC(C1)C2OC(=O)N1CC[C@@H](Nc2ccc(C(F)(F)F)cn2)C1. The maximum atomic E-state index is 12.8. The summed E-state index contributed by atoms with van der Waals surface area (Å²) in [6.45, 7) is 0.938. The van der Waals surface area contributed by atoms with Crippen molar-refractivity contribution in [1.82, 2.24) is 15.2 Å². The smallest absolute Gasteiger partial charge is 0.417 e. The fourth-order valence-corrected chi connectivity index (χ4v) is 5.20. The lowest BCUT2D eigenvalue weighted by Gasteiger charge is -2.45. The van der Waals surface area contributed by atoms with Crippen LogP contribution in [0.3, 0.4) is 0 Å². The summed E-state index contributed by atoms with van der Waals surface area (Å²) in [5.41, 5.74) is -0.793. The molecule has 3 atom stereocenters. The lowest BCUT2D eigenvalue weighted by Crippen LogP contribution is -2.49. The van der Waals surface area contributed by atoms with Crippen LogP contribution in [-0.4, -0.2) is 53.7 Å². The first-order chi connectivity index (χ1) is 14.8. The van der Waals surface area contributed by atoms with E-state index < -0.39 is 11.7 Å². The van der Waals surface area contributed by atoms with E-state index in [1.807, 2.05) is 0 Å². The van der Waals surface area contributed by atoms with E-state index in [1.54, 1.807) is 4.90 Å². The second-order valence-electron chi connectivity index (χ2n) is 8.76. The molecule has 31 heavy (non-hydrogen) atoms. The Kier molecular flexibility index (Phi) is 6.24. The number of hydrogen-bond acceptors (Lipinski definition) is 5. The van der Waals surface area contributed by atoms with Crippen LogP contribution < -0.4 is 10.6 Å². The molecule has 2 bridgehead atoms. The number of amides is 2. The number of aromatic nitrogens is 1. The number of nitrogens with zero attached hydrogens (tertiary/aromatic N) is 2. The van der Waals surface area contributed by atoms with E-state index in [0.717, 1.165) is 50.8 Å². The highest BCUT2D eigenvalue weighted by atomic mass is 19.4. The molecular formula is C21H27F3N4O3. The third-order valence-electron chi connectivity index (χ3n) is 6.68. The van der Waals surface area contributed by atoms with Crippen molar-refractivity contribution in [1.29, 1.82) is 0 Å². The van der Waals surface area contributed by atoms with Crippen LogP contribution in [0.15, 0.2) is 18.3 Å². The molecule has 0 aromatic carbocycles. The zero-order valence-corrected chi connectivity index (χ0v) is 17.1. The monoisotopic (exact) mass is 440 g/mol. The molecule has 1 aliphatic heterocycles. The van der Waals surface area contributed by atoms with Crippen LogP contribution in [0, 0.1) is 11.8 Å². The Morgan fingerprint density at radius 3 is 2.52 bits per heavy atom. The van der Waals surface area contributed by atoms with Crippen molar-refractivity contribution in [2.45, 2.75) is 62.9 Å². The highest BCUT2D eigenvalue weighted by molar-refractivity contribution is 5.68. The third kappa shape index (κ3) is 5.04. The van der Waals surface area contributed by atoms with E-state index >= 15 is 0 Å². The highest BCUT2D eigenvalue weighted by Gasteiger charge is 2.43. The number of pyridine rings is 1. The summed E-state index contributed by atoms with van der Waals surface area (Å²) in [4.78, 5) is 29.0. The fourth-order valence-electron chi connectivity index (χ4n) is 5.20. The van der Waals surface area contributed by atoms with Gasteiger partial charge < -0.3 is 20.3 Å². The molecule has 2 amide bonds. The average molecular weight is 440 g/mol. The van der Waals surface area contributed by atoms with E-state index in [-0.39, 0.29) is 36.1 Å². The van der Waals surface area contributed by atoms with Gasteiger partial charge in [0.05, 0.1) is 5.56 Å². The van der Waals surface area contributed by atoms with Gasteiger partial charge in [-0.2, -0.15) is 13.2 Å². The van der Waals surface area contributed by atoms with Crippen LogP contribution >= 0.6 is 0 Å².